The molecule has 1 fully saturated rings. The van der Waals surface area contributed by atoms with Gasteiger partial charge in [0, 0.05) is 17.2 Å². The number of anilines is 1. The topological polar surface area (TPSA) is 55.1 Å². The van der Waals surface area contributed by atoms with E-state index in [-0.39, 0.29) is 5.91 Å². The molecule has 1 amide bonds. The molecule has 4 heteroatoms. The van der Waals surface area contributed by atoms with Gasteiger partial charge in [-0.05, 0) is 42.5 Å². The van der Waals surface area contributed by atoms with Crippen molar-refractivity contribution < 1.29 is 9.21 Å². The van der Waals surface area contributed by atoms with Crippen molar-refractivity contribution in [3.8, 4) is 11.5 Å². The number of oxazole rings is 1. The summed E-state index contributed by atoms with van der Waals surface area (Å²) in [4.78, 5) is 17.5. The van der Waals surface area contributed by atoms with Gasteiger partial charge in [-0.25, -0.2) is 4.98 Å². The second kappa shape index (κ2) is 6.79. The van der Waals surface area contributed by atoms with Gasteiger partial charge in [0.1, 0.15) is 5.76 Å². The quantitative estimate of drug-likeness (QED) is 0.655. The molecule has 0 unspecified atom stereocenters. The van der Waals surface area contributed by atoms with Gasteiger partial charge >= 0.3 is 0 Å². The average molecular weight is 346 g/mol. The van der Waals surface area contributed by atoms with Crippen LogP contribution < -0.4 is 5.32 Å². The van der Waals surface area contributed by atoms with E-state index in [1.807, 2.05) is 54.6 Å². The molecular formula is C22H22N2O2. The Morgan fingerprint density at radius 1 is 1.08 bits per heavy atom. The van der Waals surface area contributed by atoms with Crippen molar-refractivity contribution in [2.75, 3.05) is 5.32 Å². The second-order valence-corrected chi connectivity index (χ2v) is 7.07. The molecule has 26 heavy (non-hydrogen) atoms. The molecular weight excluding hydrogens is 324 g/mol. The molecule has 1 N–H and O–H groups in total. The molecule has 0 spiro atoms. The van der Waals surface area contributed by atoms with E-state index in [2.05, 4.69) is 24.1 Å². The molecule has 0 aliphatic heterocycles. The summed E-state index contributed by atoms with van der Waals surface area (Å²) < 4.78 is 5.99. The van der Waals surface area contributed by atoms with Gasteiger partial charge in [-0.3, -0.25) is 4.79 Å². The van der Waals surface area contributed by atoms with E-state index in [0.717, 1.165) is 29.7 Å². The van der Waals surface area contributed by atoms with Crippen LogP contribution in [0.2, 0.25) is 0 Å². The number of hydrogen-bond acceptors (Lipinski definition) is 3. The van der Waals surface area contributed by atoms with Crippen molar-refractivity contribution in [3.63, 3.8) is 0 Å². The Labute approximate surface area is 153 Å². The van der Waals surface area contributed by atoms with Crippen LogP contribution in [0.15, 0.2) is 59.0 Å². The molecule has 1 aliphatic carbocycles. The molecule has 0 bridgehead atoms. The van der Waals surface area contributed by atoms with Gasteiger partial charge in [0.15, 0.2) is 5.69 Å². The first-order chi connectivity index (χ1) is 12.6. The van der Waals surface area contributed by atoms with Crippen LogP contribution >= 0.6 is 0 Å². The number of amides is 1. The minimum Gasteiger partial charge on any atom is -0.440 e. The molecule has 2 aromatic carbocycles. The Morgan fingerprint density at radius 2 is 1.77 bits per heavy atom. The lowest BCUT2D eigenvalue weighted by atomic mass is 10.0. The maximum Gasteiger partial charge on any atom is 0.277 e. The summed E-state index contributed by atoms with van der Waals surface area (Å²) in [6.07, 6.45) is 2.10. The third kappa shape index (κ3) is 3.27. The highest BCUT2D eigenvalue weighted by Crippen LogP contribution is 2.43. The maximum atomic E-state index is 13.0. The number of carbonyl (C=O) groups excluding carboxylic acids is 1. The highest BCUT2D eigenvalue weighted by atomic mass is 16.4. The van der Waals surface area contributed by atoms with Gasteiger partial charge in [-0.2, -0.15) is 0 Å². The summed E-state index contributed by atoms with van der Waals surface area (Å²) in [5, 5.41) is 3.03. The van der Waals surface area contributed by atoms with Gasteiger partial charge in [0.25, 0.3) is 5.91 Å². The standard InChI is InChI=1S/C22H22N2O2/c1-14(2)17-10-6-7-11-18(17)23-21(25)19-20(15-12-13-15)26-22(24-19)16-8-4-3-5-9-16/h3-11,14-15H,12-13H2,1-2H3,(H,23,25). The minimum absolute atomic E-state index is 0.203. The Morgan fingerprint density at radius 3 is 2.46 bits per heavy atom. The first kappa shape index (κ1) is 16.6. The predicted molar refractivity (Wildman–Crippen MR) is 102 cm³/mol. The summed E-state index contributed by atoms with van der Waals surface area (Å²) in [6, 6.07) is 17.6. The number of nitrogens with one attached hydrogen (secondary N) is 1. The number of aromatic nitrogens is 1. The lowest BCUT2D eigenvalue weighted by Crippen LogP contribution is -2.15. The Balaban J connectivity index is 1.67. The fraction of sp³-hybridized carbons (Fsp3) is 0.273. The summed E-state index contributed by atoms with van der Waals surface area (Å²) in [5.41, 5.74) is 3.24. The van der Waals surface area contributed by atoms with Crippen LogP contribution in [-0.4, -0.2) is 10.9 Å². The minimum atomic E-state index is -0.203. The van der Waals surface area contributed by atoms with Crippen molar-refractivity contribution in [1.82, 2.24) is 4.98 Å². The third-order valence-electron chi connectivity index (χ3n) is 4.67. The van der Waals surface area contributed by atoms with Gasteiger partial charge in [-0.15, -0.1) is 0 Å². The fourth-order valence-electron chi connectivity index (χ4n) is 3.12. The molecule has 3 aromatic rings. The van der Waals surface area contributed by atoms with Crippen molar-refractivity contribution in [2.24, 2.45) is 0 Å². The summed E-state index contributed by atoms with van der Waals surface area (Å²) in [5.74, 6) is 1.65. The maximum absolute atomic E-state index is 13.0. The second-order valence-electron chi connectivity index (χ2n) is 7.07. The highest BCUT2D eigenvalue weighted by Gasteiger charge is 2.34. The van der Waals surface area contributed by atoms with Gasteiger partial charge < -0.3 is 9.73 Å². The van der Waals surface area contributed by atoms with Crippen LogP contribution in [0.5, 0.6) is 0 Å². The van der Waals surface area contributed by atoms with E-state index in [1.165, 1.54) is 0 Å². The molecule has 0 atom stereocenters. The average Bonchev–Trinajstić information content (AvgIpc) is 3.40. The van der Waals surface area contributed by atoms with Crippen molar-refractivity contribution in [2.45, 2.75) is 38.5 Å². The Hall–Kier alpha value is -2.88. The summed E-state index contributed by atoms with van der Waals surface area (Å²) in [7, 11) is 0. The first-order valence-corrected chi connectivity index (χ1v) is 9.10. The van der Waals surface area contributed by atoms with E-state index < -0.39 is 0 Å². The number of benzene rings is 2. The SMILES string of the molecule is CC(C)c1ccccc1NC(=O)c1nc(-c2ccccc2)oc1C1CC1. The number of carbonyl (C=O) groups is 1. The molecule has 132 valence electrons. The van der Waals surface area contributed by atoms with Crippen LogP contribution in [0.1, 0.15) is 60.3 Å². The predicted octanol–water partition coefficient (Wildman–Crippen LogP) is 5.59. The molecule has 4 rings (SSSR count). The van der Waals surface area contributed by atoms with Crippen LogP contribution in [0.3, 0.4) is 0 Å². The van der Waals surface area contributed by atoms with Gasteiger partial charge in [-0.1, -0.05) is 50.2 Å². The number of para-hydroxylation sites is 1. The van der Waals surface area contributed by atoms with Crippen LogP contribution in [0, 0.1) is 0 Å². The van der Waals surface area contributed by atoms with E-state index in [0.29, 0.717) is 29.2 Å². The molecule has 0 radical (unpaired) electrons. The molecule has 1 aliphatic rings. The van der Waals surface area contributed by atoms with E-state index in [9.17, 15) is 4.79 Å². The zero-order chi connectivity index (χ0) is 18.1. The first-order valence-electron chi connectivity index (χ1n) is 9.10. The number of hydrogen-bond donors (Lipinski definition) is 1. The Bertz CT molecular complexity index is 924. The van der Waals surface area contributed by atoms with Crippen molar-refractivity contribution in [1.29, 1.82) is 0 Å². The zero-order valence-electron chi connectivity index (χ0n) is 15.0. The van der Waals surface area contributed by atoms with Crippen LogP contribution in [-0.2, 0) is 0 Å². The van der Waals surface area contributed by atoms with Gasteiger partial charge in [0.05, 0.1) is 0 Å². The van der Waals surface area contributed by atoms with Crippen LogP contribution in [0.25, 0.3) is 11.5 Å². The smallest absolute Gasteiger partial charge is 0.277 e. The van der Waals surface area contributed by atoms with Gasteiger partial charge in [0.2, 0.25) is 5.89 Å². The largest absolute Gasteiger partial charge is 0.440 e. The normalized spacial score (nSPS) is 13.8. The summed E-state index contributed by atoms with van der Waals surface area (Å²) >= 11 is 0. The monoisotopic (exact) mass is 346 g/mol. The number of rotatable bonds is 5. The fourth-order valence-corrected chi connectivity index (χ4v) is 3.12. The molecule has 1 aromatic heterocycles. The lowest BCUT2D eigenvalue weighted by Gasteiger charge is -2.13. The number of nitrogens with zero attached hydrogens (tertiary/aromatic N) is 1. The molecule has 4 nitrogen and oxygen atoms in total. The van der Waals surface area contributed by atoms with E-state index in [4.69, 9.17) is 4.42 Å². The van der Waals surface area contributed by atoms with E-state index >= 15 is 0 Å². The molecule has 1 saturated carbocycles. The third-order valence-corrected chi connectivity index (χ3v) is 4.67. The van der Waals surface area contributed by atoms with Crippen LogP contribution in [0.4, 0.5) is 5.69 Å². The van der Waals surface area contributed by atoms with Crippen molar-refractivity contribution in [3.05, 3.63) is 71.6 Å². The van der Waals surface area contributed by atoms with E-state index in [1.54, 1.807) is 0 Å². The highest BCUT2D eigenvalue weighted by molar-refractivity contribution is 6.04. The Kier molecular flexibility index (Phi) is 4.33. The van der Waals surface area contributed by atoms with Crippen molar-refractivity contribution >= 4 is 11.6 Å². The molecule has 0 saturated heterocycles. The molecule has 1 heterocycles. The zero-order valence-corrected chi connectivity index (χ0v) is 15.0. The summed E-state index contributed by atoms with van der Waals surface area (Å²) in [6.45, 7) is 4.23. The lowest BCUT2D eigenvalue weighted by molar-refractivity contribution is 0.102.